The largest absolute Gasteiger partial charge is 0.508 e. The smallest absolute Gasteiger partial charge is 0.266 e. The molecule has 1 aliphatic heterocycles. The van der Waals surface area contributed by atoms with Crippen molar-refractivity contribution in [1.29, 1.82) is 0 Å². The van der Waals surface area contributed by atoms with E-state index in [0.29, 0.717) is 32.6 Å². The summed E-state index contributed by atoms with van der Waals surface area (Å²) in [7, 11) is 0. The molecular weight excluding hydrogens is 352 g/mol. The Morgan fingerprint density at radius 1 is 0.923 bits per heavy atom. The van der Waals surface area contributed by atoms with Crippen molar-refractivity contribution < 1.29 is 14.7 Å². The van der Waals surface area contributed by atoms with E-state index in [1.807, 2.05) is 0 Å². The standard InChI is InChI=1S/C20H11ClN2O3/c21-13-3-1-2-4-16(13)23-19(25)11-6-8-15-17(18(11)20(23)26)12-9-10(24)5-7-14(12)22-15/h1-9,22,24H. The molecule has 26 heavy (non-hydrogen) atoms. The average Bonchev–Trinajstić information content (AvgIpc) is 3.11. The summed E-state index contributed by atoms with van der Waals surface area (Å²) in [5.41, 5.74) is 2.52. The van der Waals surface area contributed by atoms with Gasteiger partial charge in [-0.05, 0) is 42.5 Å². The number of aromatic nitrogens is 1. The number of hydrogen-bond donors (Lipinski definition) is 2. The fraction of sp³-hybridized carbons (Fsp3) is 0. The average molecular weight is 363 g/mol. The van der Waals surface area contributed by atoms with E-state index in [1.54, 1.807) is 54.6 Å². The van der Waals surface area contributed by atoms with Gasteiger partial charge in [-0.25, -0.2) is 4.90 Å². The summed E-state index contributed by atoms with van der Waals surface area (Å²) >= 11 is 6.21. The van der Waals surface area contributed by atoms with Crippen LogP contribution in [0.3, 0.4) is 0 Å². The van der Waals surface area contributed by atoms with Crippen LogP contribution in [-0.2, 0) is 0 Å². The number of carbonyl (C=O) groups excluding carboxylic acids is 2. The van der Waals surface area contributed by atoms with Crippen molar-refractivity contribution in [3.05, 3.63) is 70.7 Å². The molecule has 5 rings (SSSR count). The van der Waals surface area contributed by atoms with E-state index < -0.39 is 11.8 Å². The third-order valence-electron chi connectivity index (χ3n) is 4.69. The lowest BCUT2D eigenvalue weighted by molar-refractivity contribution is 0.0926. The quantitative estimate of drug-likeness (QED) is 0.490. The summed E-state index contributed by atoms with van der Waals surface area (Å²) in [4.78, 5) is 30.4. The molecule has 1 aromatic heterocycles. The van der Waals surface area contributed by atoms with Crippen molar-refractivity contribution >= 4 is 50.9 Å². The van der Waals surface area contributed by atoms with E-state index in [1.165, 1.54) is 0 Å². The first-order valence-corrected chi connectivity index (χ1v) is 8.35. The second kappa shape index (κ2) is 5.09. The molecule has 4 aromatic rings. The molecule has 2 N–H and O–H groups in total. The van der Waals surface area contributed by atoms with Crippen molar-refractivity contribution in [2.75, 3.05) is 4.90 Å². The van der Waals surface area contributed by atoms with Crippen LogP contribution in [0, 0.1) is 0 Å². The molecular formula is C20H11ClN2O3. The second-order valence-corrected chi connectivity index (χ2v) is 6.57. The van der Waals surface area contributed by atoms with E-state index in [9.17, 15) is 14.7 Å². The first-order valence-electron chi connectivity index (χ1n) is 7.97. The zero-order valence-electron chi connectivity index (χ0n) is 13.3. The Morgan fingerprint density at radius 2 is 1.69 bits per heavy atom. The number of amides is 2. The van der Waals surface area contributed by atoms with Gasteiger partial charge in [0.1, 0.15) is 5.75 Å². The maximum atomic E-state index is 13.2. The van der Waals surface area contributed by atoms with Crippen LogP contribution in [0.1, 0.15) is 20.7 Å². The molecule has 0 radical (unpaired) electrons. The molecule has 0 aliphatic carbocycles. The summed E-state index contributed by atoms with van der Waals surface area (Å²) in [5.74, 6) is -0.738. The van der Waals surface area contributed by atoms with E-state index in [0.717, 1.165) is 15.9 Å². The van der Waals surface area contributed by atoms with Gasteiger partial charge in [-0.1, -0.05) is 23.7 Å². The van der Waals surface area contributed by atoms with Gasteiger partial charge in [-0.3, -0.25) is 9.59 Å². The minimum Gasteiger partial charge on any atom is -0.508 e. The Morgan fingerprint density at radius 3 is 2.50 bits per heavy atom. The van der Waals surface area contributed by atoms with Crippen molar-refractivity contribution in [2.45, 2.75) is 0 Å². The number of phenolic OH excluding ortho intramolecular Hbond substituents is 1. The molecule has 126 valence electrons. The molecule has 0 unspecified atom stereocenters. The van der Waals surface area contributed by atoms with Gasteiger partial charge in [-0.2, -0.15) is 0 Å². The maximum absolute atomic E-state index is 13.2. The second-order valence-electron chi connectivity index (χ2n) is 6.16. The number of halogens is 1. The minimum atomic E-state index is -0.423. The Hall–Kier alpha value is -3.31. The predicted octanol–water partition coefficient (Wildman–Crippen LogP) is 4.48. The number of phenols is 1. The first-order chi connectivity index (χ1) is 12.6. The Balaban J connectivity index is 1.83. The van der Waals surface area contributed by atoms with Crippen LogP contribution in [0.4, 0.5) is 5.69 Å². The molecule has 3 aromatic carbocycles. The molecule has 0 bridgehead atoms. The minimum absolute atomic E-state index is 0.0933. The molecule has 0 fully saturated rings. The zero-order chi connectivity index (χ0) is 18.0. The van der Waals surface area contributed by atoms with E-state index >= 15 is 0 Å². The van der Waals surface area contributed by atoms with Crippen molar-refractivity contribution in [3.8, 4) is 5.75 Å². The highest BCUT2D eigenvalue weighted by molar-refractivity contribution is 6.42. The SMILES string of the molecule is O=C1c2ccc3[nH]c4ccc(O)cc4c3c2C(=O)N1c1ccccc1Cl. The van der Waals surface area contributed by atoms with E-state index in [4.69, 9.17) is 11.6 Å². The molecule has 0 spiro atoms. The maximum Gasteiger partial charge on any atom is 0.266 e. The molecule has 6 heteroatoms. The highest BCUT2D eigenvalue weighted by atomic mass is 35.5. The van der Waals surface area contributed by atoms with E-state index in [-0.39, 0.29) is 5.75 Å². The van der Waals surface area contributed by atoms with E-state index in [2.05, 4.69) is 4.98 Å². The lowest BCUT2D eigenvalue weighted by Gasteiger charge is -2.15. The highest BCUT2D eigenvalue weighted by Gasteiger charge is 2.39. The summed E-state index contributed by atoms with van der Waals surface area (Å²) < 4.78 is 0. The van der Waals surface area contributed by atoms with Crippen molar-refractivity contribution in [2.24, 2.45) is 0 Å². The molecule has 2 heterocycles. The van der Waals surface area contributed by atoms with Gasteiger partial charge in [0.2, 0.25) is 0 Å². The van der Waals surface area contributed by atoms with Crippen LogP contribution in [0.5, 0.6) is 5.75 Å². The molecule has 0 saturated carbocycles. The van der Waals surface area contributed by atoms with Crippen LogP contribution in [0.2, 0.25) is 5.02 Å². The van der Waals surface area contributed by atoms with Crippen molar-refractivity contribution in [3.63, 3.8) is 0 Å². The molecule has 0 atom stereocenters. The number of nitrogens with one attached hydrogen (secondary N) is 1. The third kappa shape index (κ3) is 1.86. The monoisotopic (exact) mass is 362 g/mol. The molecule has 5 nitrogen and oxygen atoms in total. The van der Waals surface area contributed by atoms with Crippen LogP contribution in [0.15, 0.2) is 54.6 Å². The lowest BCUT2D eigenvalue weighted by atomic mass is 10.0. The lowest BCUT2D eigenvalue weighted by Crippen LogP contribution is -2.29. The summed E-state index contributed by atoms with van der Waals surface area (Å²) in [6.07, 6.45) is 0. The Bertz CT molecular complexity index is 1260. The van der Waals surface area contributed by atoms with Gasteiger partial charge in [0, 0.05) is 21.8 Å². The Kier molecular flexibility index (Phi) is 2.94. The number of aromatic amines is 1. The van der Waals surface area contributed by atoms with Gasteiger partial charge in [0.25, 0.3) is 11.8 Å². The number of nitrogens with zero attached hydrogens (tertiary/aromatic N) is 1. The van der Waals surface area contributed by atoms with Gasteiger partial charge in [0.15, 0.2) is 0 Å². The zero-order valence-corrected chi connectivity index (χ0v) is 14.0. The summed E-state index contributed by atoms with van der Waals surface area (Å²) in [5, 5.41) is 11.5. The molecule has 0 saturated heterocycles. The number of para-hydroxylation sites is 1. The highest BCUT2D eigenvalue weighted by Crippen LogP contribution is 2.39. The van der Waals surface area contributed by atoms with Crippen LogP contribution in [0.25, 0.3) is 21.8 Å². The van der Waals surface area contributed by atoms with Crippen LogP contribution >= 0.6 is 11.6 Å². The van der Waals surface area contributed by atoms with Crippen LogP contribution < -0.4 is 4.90 Å². The fourth-order valence-corrected chi connectivity index (χ4v) is 3.78. The first kappa shape index (κ1) is 15.0. The van der Waals surface area contributed by atoms with Crippen LogP contribution in [-0.4, -0.2) is 21.9 Å². The molecule has 1 aliphatic rings. The number of hydrogen-bond acceptors (Lipinski definition) is 3. The summed E-state index contributed by atoms with van der Waals surface area (Å²) in [6, 6.07) is 15.1. The fourth-order valence-electron chi connectivity index (χ4n) is 3.56. The Labute approximate surface area is 152 Å². The normalized spacial score (nSPS) is 13.8. The number of aromatic hydroxyl groups is 1. The van der Waals surface area contributed by atoms with Gasteiger partial charge < -0.3 is 10.1 Å². The topological polar surface area (TPSA) is 73.4 Å². The number of benzene rings is 3. The van der Waals surface area contributed by atoms with Gasteiger partial charge in [-0.15, -0.1) is 0 Å². The number of anilines is 1. The number of H-pyrrole nitrogens is 1. The predicted molar refractivity (Wildman–Crippen MR) is 100 cm³/mol. The van der Waals surface area contributed by atoms with Crippen molar-refractivity contribution in [1.82, 2.24) is 4.98 Å². The summed E-state index contributed by atoms with van der Waals surface area (Å²) in [6.45, 7) is 0. The number of imide groups is 1. The van der Waals surface area contributed by atoms with Gasteiger partial charge in [0.05, 0.1) is 21.8 Å². The number of fused-ring (bicyclic) bond motifs is 5. The van der Waals surface area contributed by atoms with Gasteiger partial charge >= 0.3 is 0 Å². The molecule has 2 amide bonds. The number of rotatable bonds is 1. The number of carbonyl (C=O) groups is 2. The third-order valence-corrected chi connectivity index (χ3v) is 5.01.